The summed E-state index contributed by atoms with van der Waals surface area (Å²) in [6.45, 7) is 1.84. The molecular formula is C9H9Br2NO2. The molecule has 1 aromatic carbocycles. The van der Waals surface area contributed by atoms with E-state index in [1.54, 1.807) is 0 Å². The maximum absolute atomic E-state index is 10.5. The molecule has 0 bridgehead atoms. The number of aryl methyl sites for hydroxylation is 1. The molecule has 0 saturated carbocycles. The number of carbonyl (C=O) groups is 1. The topological polar surface area (TPSA) is 52.3 Å². The number of primary amides is 1. The van der Waals surface area contributed by atoms with Crippen molar-refractivity contribution in [1.29, 1.82) is 0 Å². The number of rotatable bonds is 3. The molecule has 0 aromatic heterocycles. The molecule has 0 unspecified atom stereocenters. The van der Waals surface area contributed by atoms with Gasteiger partial charge in [-0.25, -0.2) is 0 Å². The molecule has 0 aliphatic carbocycles. The van der Waals surface area contributed by atoms with Crippen LogP contribution in [0.2, 0.25) is 0 Å². The van der Waals surface area contributed by atoms with Crippen molar-refractivity contribution in [3.8, 4) is 5.75 Å². The van der Waals surface area contributed by atoms with Gasteiger partial charge in [0.2, 0.25) is 0 Å². The molecule has 14 heavy (non-hydrogen) atoms. The molecule has 3 nitrogen and oxygen atoms in total. The number of nitrogens with two attached hydrogens (primary N) is 1. The van der Waals surface area contributed by atoms with E-state index in [9.17, 15) is 4.79 Å². The predicted molar refractivity (Wildman–Crippen MR) is 61.3 cm³/mol. The first-order chi connectivity index (χ1) is 6.50. The number of carbonyl (C=O) groups excluding carboxylic acids is 1. The van der Waals surface area contributed by atoms with Crippen LogP contribution < -0.4 is 10.5 Å². The van der Waals surface area contributed by atoms with Crippen LogP contribution in [0.5, 0.6) is 5.75 Å². The zero-order valence-electron chi connectivity index (χ0n) is 7.51. The Labute approximate surface area is 98.9 Å². The van der Waals surface area contributed by atoms with Gasteiger partial charge in [-0.1, -0.05) is 0 Å². The summed E-state index contributed by atoms with van der Waals surface area (Å²) in [6, 6.07) is 3.81. The zero-order valence-corrected chi connectivity index (χ0v) is 10.7. The highest BCUT2D eigenvalue weighted by Gasteiger charge is 2.08. The van der Waals surface area contributed by atoms with Gasteiger partial charge in [-0.05, 0) is 56.5 Å². The Kier molecular flexibility index (Phi) is 3.95. The van der Waals surface area contributed by atoms with Crippen molar-refractivity contribution in [1.82, 2.24) is 0 Å². The Hall–Kier alpha value is -0.550. The lowest BCUT2D eigenvalue weighted by molar-refractivity contribution is -0.119. The van der Waals surface area contributed by atoms with Gasteiger partial charge in [0.25, 0.3) is 5.91 Å². The average Bonchev–Trinajstić information content (AvgIpc) is 2.01. The molecule has 1 rings (SSSR count). The van der Waals surface area contributed by atoms with Crippen molar-refractivity contribution in [3.63, 3.8) is 0 Å². The number of ether oxygens (including phenoxy) is 1. The monoisotopic (exact) mass is 321 g/mol. The first-order valence-electron chi connectivity index (χ1n) is 3.87. The summed E-state index contributed by atoms with van der Waals surface area (Å²) >= 11 is 6.68. The maximum atomic E-state index is 10.5. The largest absolute Gasteiger partial charge is 0.481 e. The maximum Gasteiger partial charge on any atom is 0.255 e. The van der Waals surface area contributed by atoms with Crippen LogP contribution >= 0.6 is 31.9 Å². The Morgan fingerprint density at radius 2 is 1.93 bits per heavy atom. The van der Waals surface area contributed by atoms with Crippen molar-refractivity contribution in [3.05, 3.63) is 26.6 Å². The lowest BCUT2D eigenvalue weighted by Crippen LogP contribution is -2.20. The minimum atomic E-state index is -0.496. The fraction of sp³-hybridized carbons (Fsp3) is 0.222. The van der Waals surface area contributed by atoms with E-state index in [-0.39, 0.29) is 6.61 Å². The Morgan fingerprint density at radius 1 is 1.43 bits per heavy atom. The number of hydrogen-bond donors (Lipinski definition) is 1. The molecule has 0 atom stereocenters. The van der Waals surface area contributed by atoms with E-state index < -0.39 is 5.91 Å². The van der Waals surface area contributed by atoms with Gasteiger partial charge in [0.05, 0.1) is 8.95 Å². The molecule has 76 valence electrons. The molecule has 0 heterocycles. The Balaban J connectivity index is 2.91. The highest BCUT2D eigenvalue weighted by Crippen LogP contribution is 2.34. The Bertz CT molecular complexity index is 343. The molecule has 0 saturated heterocycles. The molecule has 1 amide bonds. The summed E-state index contributed by atoms with van der Waals surface area (Å²) in [7, 11) is 0. The fourth-order valence-electron chi connectivity index (χ4n) is 0.968. The van der Waals surface area contributed by atoms with Crippen LogP contribution in [0.15, 0.2) is 21.1 Å². The Morgan fingerprint density at radius 3 is 2.36 bits per heavy atom. The van der Waals surface area contributed by atoms with E-state index in [4.69, 9.17) is 10.5 Å². The number of amides is 1. The molecule has 0 aliphatic heterocycles. The van der Waals surface area contributed by atoms with Crippen LogP contribution in [-0.2, 0) is 4.79 Å². The van der Waals surface area contributed by atoms with E-state index in [2.05, 4.69) is 31.9 Å². The minimum absolute atomic E-state index is 0.125. The van der Waals surface area contributed by atoms with Crippen LogP contribution in [0.3, 0.4) is 0 Å². The van der Waals surface area contributed by atoms with E-state index in [1.807, 2.05) is 19.1 Å². The highest BCUT2D eigenvalue weighted by molar-refractivity contribution is 9.11. The second-order valence-corrected chi connectivity index (χ2v) is 4.52. The second-order valence-electron chi connectivity index (χ2n) is 2.81. The van der Waals surface area contributed by atoms with Crippen molar-refractivity contribution in [2.45, 2.75) is 6.92 Å². The minimum Gasteiger partial charge on any atom is -0.481 e. The van der Waals surface area contributed by atoms with Crippen molar-refractivity contribution < 1.29 is 9.53 Å². The molecule has 1 aromatic rings. The summed E-state index contributed by atoms with van der Waals surface area (Å²) in [6.07, 6.45) is 0. The first kappa shape index (κ1) is 11.5. The van der Waals surface area contributed by atoms with E-state index >= 15 is 0 Å². The summed E-state index contributed by atoms with van der Waals surface area (Å²) in [5.41, 5.74) is 6.07. The van der Waals surface area contributed by atoms with Gasteiger partial charge in [0.1, 0.15) is 5.75 Å². The van der Waals surface area contributed by atoms with Crippen LogP contribution in [0.1, 0.15) is 5.56 Å². The van der Waals surface area contributed by atoms with Crippen molar-refractivity contribution >= 4 is 37.8 Å². The van der Waals surface area contributed by atoms with E-state index in [0.717, 1.165) is 14.5 Å². The van der Waals surface area contributed by atoms with Gasteiger partial charge < -0.3 is 10.5 Å². The third-order valence-corrected chi connectivity index (χ3v) is 2.68. The van der Waals surface area contributed by atoms with E-state index in [0.29, 0.717) is 5.75 Å². The molecule has 0 aliphatic rings. The summed E-state index contributed by atoms with van der Waals surface area (Å²) in [4.78, 5) is 10.5. The lowest BCUT2D eigenvalue weighted by atomic mass is 10.2. The van der Waals surface area contributed by atoms with Crippen molar-refractivity contribution in [2.75, 3.05) is 6.61 Å². The van der Waals surface area contributed by atoms with Gasteiger partial charge in [-0.3, -0.25) is 4.79 Å². The molecule has 0 fully saturated rings. The molecule has 0 radical (unpaired) electrons. The van der Waals surface area contributed by atoms with Crippen LogP contribution in [0.25, 0.3) is 0 Å². The van der Waals surface area contributed by atoms with E-state index in [1.165, 1.54) is 0 Å². The van der Waals surface area contributed by atoms with Gasteiger partial charge in [-0.15, -0.1) is 0 Å². The normalized spacial score (nSPS) is 9.93. The summed E-state index contributed by atoms with van der Waals surface area (Å²) in [5.74, 6) is 0.0961. The predicted octanol–water partition coefficient (Wildman–Crippen LogP) is 2.38. The molecule has 5 heteroatoms. The average molecular weight is 323 g/mol. The molecule has 0 spiro atoms. The lowest BCUT2D eigenvalue weighted by Gasteiger charge is -2.09. The van der Waals surface area contributed by atoms with Crippen molar-refractivity contribution in [2.24, 2.45) is 5.73 Å². The first-order valence-corrected chi connectivity index (χ1v) is 5.46. The standard InChI is InChI=1S/C9H9Br2NO2/c1-5-2-6(10)9(7(11)3-5)14-4-8(12)13/h2-3H,4H2,1H3,(H2,12,13). The van der Waals surface area contributed by atoms with Crippen LogP contribution in [0, 0.1) is 6.92 Å². The van der Waals surface area contributed by atoms with Gasteiger partial charge >= 0.3 is 0 Å². The third-order valence-electron chi connectivity index (χ3n) is 1.50. The number of benzene rings is 1. The SMILES string of the molecule is Cc1cc(Br)c(OCC(N)=O)c(Br)c1. The van der Waals surface area contributed by atoms with Gasteiger partial charge in [0, 0.05) is 0 Å². The zero-order chi connectivity index (χ0) is 10.7. The quantitative estimate of drug-likeness (QED) is 0.929. The number of halogens is 2. The highest BCUT2D eigenvalue weighted by atomic mass is 79.9. The van der Waals surface area contributed by atoms with Crippen LogP contribution in [-0.4, -0.2) is 12.5 Å². The molecular weight excluding hydrogens is 314 g/mol. The summed E-state index contributed by atoms with van der Waals surface area (Å²) < 4.78 is 6.81. The van der Waals surface area contributed by atoms with Crippen LogP contribution in [0.4, 0.5) is 0 Å². The number of hydrogen-bond acceptors (Lipinski definition) is 2. The van der Waals surface area contributed by atoms with Gasteiger partial charge in [0.15, 0.2) is 6.61 Å². The second kappa shape index (κ2) is 4.79. The van der Waals surface area contributed by atoms with Gasteiger partial charge in [-0.2, -0.15) is 0 Å². The summed E-state index contributed by atoms with van der Waals surface area (Å²) in [5, 5.41) is 0. The fourth-order valence-corrected chi connectivity index (χ4v) is 2.61. The smallest absolute Gasteiger partial charge is 0.255 e. The molecule has 2 N–H and O–H groups in total. The third kappa shape index (κ3) is 2.99.